The number of phenols is 1. The average molecular weight is 537 g/mol. The van der Waals surface area contributed by atoms with Crippen LogP contribution in [-0.4, -0.2) is 76.5 Å². The predicted octanol–water partition coefficient (Wildman–Crippen LogP) is -2.86. The van der Waals surface area contributed by atoms with Crippen LogP contribution >= 0.6 is 0 Å². The summed E-state index contributed by atoms with van der Waals surface area (Å²) in [4.78, 5) is 64.9. The molecule has 13 N–H and O–H groups in total. The van der Waals surface area contributed by atoms with Crippen LogP contribution in [0, 0.1) is 0 Å². The number of phenolic OH excluding ortho intramolecular Hbond substituents is 1. The summed E-state index contributed by atoms with van der Waals surface area (Å²) in [6, 6.07) is 1.03. The smallest absolute Gasteiger partial charge is 0.325 e. The predicted molar refractivity (Wildman–Crippen MR) is 137 cm³/mol. The number of guanidine groups is 1. The second kappa shape index (κ2) is 15.7. The molecule has 0 spiro atoms. The van der Waals surface area contributed by atoms with Crippen molar-refractivity contribution in [1.29, 1.82) is 0 Å². The van der Waals surface area contributed by atoms with Crippen LogP contribution in [0.5, 0.6) is 5.75 Å². The van der Waals surface area contributed by atoms with E-state index in [-0.39, 0.29) is 43.9 Å². The summed E-state index contributed by atoms with van der Waals surface area (Å²) in [5.41, 5.74) is 22.1. The summed E-state index contributed by atoms with van der Waals surface area (Å²) in [6.45, 7) is 1.50. The Morgan fingerprint density at radius 3 is 2.03 bits per heavy atom. The van der Waals surface area contributed by atoms with Gasteiger partial charge in [0.1, 0.15) is 23.9 Å². The molecule has 15 nitrogen and oxygen atoms in total. The van der Waals surface area contributed by atoms with Crippen molar-refractivity contribution in [2.24, 2.45) is 27.9 Å². The van der Waals surface area contributed by atoms with E-state index < -0.39 is 53.8 Å². The molecule has 0 saturated heterocycles. The molecule has 1 aromatic carbocycles. The second-order valence-corrected chi connectivity index (χ2v) is 8.62. The lowest BCUT2D eigenvalue weighted by atomic mass is 10.0. The number of rotatable bonds is 16. The van der Waals surface area contributed by atoms with Gasteiger partial charge in [-0.1, -0.05) is 12.1 Å². The first-order valence-corrected chi connectivity index (χ1v) is 11.8. The molecular weight excluding hydrogens is 500 g/mol. The summed E-state index contributed by atoms with van der Waals surface area (Å²) < 4.78 is 0. The third-order valence-electron chi connectivity index (χ3n) is 5.36. The van der Waals surface area contributed by atoms with Crippen LogP contribution in [0.3, 0.4) is 0 Å². The SMILES string of the molecule is CC(NC(=O)C(Cc1ccc(O)cc1)NC(=O)C(CCC(N)=O)NC(=O)C(N)CCCN=C(N)N)C(=O)O. The molecule has 4 unspecified atom stereocenters. The van der Waals surface area contributed by atoms with Gasteiger partial charge in [0.15, 0.2) is 5.96 Å². The maximum atomic E-state index is 13.1. The quantitative estimate of drug-likeness (QED) is 0.0591. The number of hydrogen-bond acceptors (Lipinski definition) is 8. The number of nitrogens with two attached hydrogens (primary N) is 4. The summed E-state index contributed by atoms with van der Waals surface area (Å²) in [5, 5.41) is 25.9. The minimum atomic E-state index is -1.28. The van der Waals surface area contributed by atoms with Gasteiger partial charge >= 0.3 is 5.97 Å². The van der Waals surface area contributed by atoms with Gasteiger partial charge in [-0.3, -0.25) is 29.0 Å². The molecule has 0 radical (unpaired) electrons. The number of carboxylic acids is 1. The summed E-state index contributed by atoms with van der Waals surface area (Å²) >= 11 is 0. The molecule has 4 amide bonds. The Morgan fingerprint density at radius 2 is 1.47 bits per heavy atom. The monoisotopic (exact) mass is 536 g/mol. The number of aliphatic carboxylic acids is 1. The third-order valence-corrected chi connectivity index (χ3v) is 5.36. The molecule has 0 bridgehead atoms. The van der Waals surface area contributed by atoms with Crippen LogP contribution in [-0.2, 0) is 30.4 Å². The van der Waals surface area contributed by atoms with E-state index in [9.17, 15) is 29.1 Å². The van der Waals surface area contributed by atoms with Gasteiger partial charge in [0, 0.05) is 19.4 Å². The van der Waals surface area contributed by atoms with Gasteiger partial charge in [-0.05, 0) is 43.9 Å². The van der Waals surface area contributed by atoms with E-state index in [2.05, 4.69) is 20.9 Å². The van der Waals surface area contributed by atoms with Crippen molar-refractivity contribution in [2.45, 2.75) is 63.2 Å². The minimum absolute atomic E-state index is 0.0119. The Morgan fingerprint density at radius 1 is 0.895 bits per heavy atom. The molecule has 0 aliphatic carbocycles. The van der Waals surface area contributed by atoms with Crippen LogP contribution < -0.4 is 38.9 Å². The first kappa shape index (κ1) is 31.6. The highest BCUT2D eigenvalue weighted by Gasteiger charge is 2.29. The lowest BCUT2D eigenvalue weighted by Gasteiger charge is -2.25. The van der Waals surface area contributed by atoms with Gasteiger partial charge in [0.2, 0.25) is 23.6 Å². The number of carbonyl (C=O) groups excluding carboxylic acids is 4. The third kappa shape index (κ3) is 12.0. The number of aliphatic imine (C=N–C) groups is 1. The van der Waals surface area contributed by atoms with Crippen molar-refractivity contribution in [2.75, 3.05) is 6.54 Å². The second-order valence-electron chi connectivity index (χ2n) is 8.62. The van der Waals surface area contributed by atoms with Crippen LogP contribution in [0.1, 0.15) is 38.2 Å². The van der Waals surface area contributed by atoms with E-state index in [4.69, 9.17) is 28.0 Å². The van der Waals surface area contributed by atoms with Gasteiger partial charge in [-0.15, -0.1) is 0 Å². The maximum absolute atomic E-state index is 13.1. The van der Waals surface area contributed by atoms with Crippen LogP contribution in [0.2, 0.25) is 0 Å². The Balaban J connectivity index is 3.03. The number of benzene rings is 1. The first-order chi connectivity index (χ1) is 17.8. The Hall–Kier alpha value is -4.40. The average Bonchev–Trinajstić information content (AvgIpc) is 2.84. The number of amides is 4. The Bertz CT molecular complexity index is 1010. The molecule has 1 rings (SSSR count). The van der Waals surface area contributed by atoms with Crippen molar-refractivity contribution in [3.8, 4) is 5.75 Å². The zero-order valence-corrected chi connectivity index (χ0v) is 21.1. The summed E-state index contributed by atoms with van der Waals surface area (Å²) in [7, 11) is 0. The molecular formula is C23H36N8O7. The fraction of sp³-hybridized carbons (Fsp3) is 0.478. The van der Waals surface area contributed by atoms with Crippen molar-refractivity contribution < 1.29 is 34.2 Å². The van der Waals surface area contributed by atoms with Gasteiger partial charge in [-0.25, -0.2) is 0 Å². The van der Waals surface area contributed by atoms with Crippen molar-refractivity contribution in [3.63, 3.8) is 0 Å². The molecule has 0 heterocycles. The van der Waals surface area contributed by atoms with E-state index in [1.807, 2.05) is 0 Å². The van der Waals surface area contributed by atoms with E-state index in [0.29, 0.717) is 12.0 Å². The van der Waals surface area contributed by atoms with E-state index in [1.165, 1.54) is 31.2 Å². The minimum Gasteiger partial charge on any atom is -0.508 e. The van der Waals surface area contributed by atoms with Gasteiger partial charge < -0.3 is 49.1 Å². The standard InChI is InChI=1S/C23H36N8O7/c1-12(22(37)38)29-21(36)17(11-13-4-6-14(32)7-5-13)31-20(35)16(8-9-18(25)33)30-19(34)15(24)3-2-10-28-23(26)27/h4-7,12,15-17,32H,2-3,8-11,24H2,1H3,(H2,25,33)(H,29,36)(H,30,34)(H,31,35)(H,37,38)(H4,26,27,28). The highest BCUT2D eigenvalue weighted by atomic mass is 16.4. The van der Waals surface area contributed by atoms with Gasteiger partial charge in [-0.2, -0.15) is 0 Å². The molecule has 210 valence electrons. The fourth-order valence-corrected chi connectivity index (χ4v) is 3.21. The Kier molecular flexibility index (Phi) is 13.0. The van der Waals surface area contributed by atoms with E-state index >= 15 is 0 Å². The number of carbonyl (C=O) groups is 5. The highest BCUT2D eigenvalue weighted by Crippen LogP contribution is 2.12. The highest BCUT2D eigenvalue weighted by molar-refractivity contribution is 5.94. The van der Waals surface area contributed by atoms with Gasteiger partial charge in [0.25, 0.3) is 0 Å². The van der Waals surface area contributed by atoms with Gasteiger partial charge in [0.05, 0.1) is 6.04 Å². The number of carboxylic acid groups (broad SMARTS) is 1. The Labute approximate surface area is 219 Å². The number of nitrogens with one attached hydrogen (secondary N) is 3. The lowest BCUT2D eigenvalue weighted by Crippen LogP contribution is -2.57. The zero-order valence-electron chi connectivity index (χ0n) is 21.1. The summed E-state index contributed by atoms with van der Waals surface area (Å²) in [5.74, 6) is -4.40. The number of nitrogens with zero attached hydrogens (tertiary/aromatic N) is 1. The van der Waals surface area contributed by atoms with Crippen molar-refractivity contribution >= 4 is 35.6 Å². The topological polar surface area (TPSA) is 278 Å². The molecule has 38 heavy (non-hydrogen) atoms. The molecule has 15 heteroatoms. The largest absolute Gasteiger partial charge is 0.508 e. The molecule has 4 atom stereocenters. The normalized spacial score (nSPS) is 13.7. The molecule has 0 aromatic heterocycles. The lowest BCUT2D eigenvalue weighted by molar-refractivity contribution is -0.141. The first-order valence-electron chi connectivity index (χ1n) is 11.8. The van der Waals surface area contributed by atoms with Crippen molar-refractivity contribution in [3.05, 3.63) is 29.8 Å². The fourth-order valence-electron chi connectivity index (χ4n) is 3.21. The van der Waals surface area contributed by atoms with Crippen LogP contribution in [0.4, 0.5) is 0 Å². The molecule has 0 aliphatic rings. The zero-order chi connectivity index (χ0) is 28.8. The molecule has 0 saturated carbocycles. The van der Waals surface area contributed by atoms with E-state index in [0.717, 1.165) is 0 Å². The van der Waals surface area contributed by atoms with Crippen LogP contribution in [0.25, 0.3) is 0 Å². The molecule has 0 fully saturated rings. The molecule has 0 aliphatic heterocycles. The number of hydrogen-bond donors (Lipinski definition) is 9. The number of primary amides is 1. The number of aromatic hydroxyl groups is 1. The van der Waals surface area contributed by atoms with E-state index in [1.54, 1.807) is 0 Å². The van der Waals surface area contributed by atoms with Crippen molar-refractivity contribution in [1.82, 2.24) is 16.0 Å². The van der Waals surface area contributed by atoms with Crippen LogP contribution in [0.15, 0.2) is 29.3 Å². The molecule has 1 aromatic rings. The maximum Gasteiger partial charge on any atom is 0.325 e. The summed E-state index contributed by atoms with van der Waals surface area (Å²) in [6.07, 6.45) is 0.105.